The number of benzene rings is 1. The van der Waals surface area contributed by atoms with Crippen molar-refractivity contribution in [3.8, 4) is 28.8 Å². The van der Waals surface area contributed by atoms with Crippen molar-refractivity contribution < 1.29 is 4.74 Å². The molecule has 4 rings (SSSR count). The van der Waals surface area contributed by atoms with E-state index in [2.05, 4.69) is 21.4 Å². The zero-order valence-corrected chi connectivity index (χ0v) is 15.6. The molecule has 1 aromatic carbocycles. The molecule has 1 aliphatic carbocycles. The van der Waals surface area contributed by atoms with Crippen LogP contribution in [-0.4, -0.2) is 16.0 Å². The van der Waals surface area contributed by atoms with Crippen LogP contribution in [0.5, 0.6) is 11.5 Å². The predicted molar refractivity (Wildman–Crippen MR) is 108 cm³/mol. The van der Waals surface area contributed by atoms with Crippen molar-refractivity contribution in [3.05, 3.63) is 65.5 Å². The number of nitrogens with zero attached hydrogens (tertiary/aromatic N) is 3. The van der Waals surface area contributed by atoms with Crippen molar-refractivity contribution in [2.75, 3.05) is 5.32 Å². The first-order valence-corrected chi connectivity index (χ1v) is 9.27. The Morgan fingerprint density at radius 1 is 1.21 bits per heavy atom. The summed E-state index contributed by atoms with van der Waals surface area (Å²) in [4.78, 5) is 9.01. The molecule has 0 atom stereocenters. The van der Waals surface area contributed by atoms with Crippen molar-refractivity contribution in [1.82, 2.24) is 9.97 Å². The minimum absolute atomic E-state index is 0.442. The molecule has 3 aromatic rings. The number of anilines is 1. The maximum Gasteiger partial charge on any atom is 0.138 e. The summed E-state index contributed by atoms with van der Waals surface area (Å²) in [5, 5.41) is 12.7. The lowest BCUT2D eigenvalue weighted by Crippen LogP contribution is -2.04. The van der Waals surface area contributed by atoms with E-state index in [0.29, 0.717) is 29.6 Å². The van der Waals surface area contributed by atoms with Crippen LogP contribution in [0.4, 0.5) is 5.82 Å². The third-order valence-electron chi connectivity index (χ3n) is 4.53. The summed E-state index contributed by atoms with van der Waals surface area (Å²) in [6.45, 7) is 2.38. The van der Waals surface area contributed by atoms with E-state index in [4.69, 9.17) is 10.5 Å². The summed E-state index contributed by atoms with van der Waals surface area (Å²) >= 11 is 0. The molecule has 0 amide bonds. The van der Waals surface area contributed by atoms with E-state index in [1.54, 1.807) is 18.3 Å². The summed E-state index contributed by atoms with van der Waals surface area (Å²) in [6.07, 6.45) is 4.10. The summed E-state index contributed by atoms with van der Waals surface area (Å²) in [5.41, 5.74) is 9.59. The van der Waals surface area contributed by atoms with E-state index >= 15 is 0 Å². The first kappa shape index (κ1) is 18.0. The van der Waals surface area contributed by atoms with Crippen LogP contribution in [0.2, 0.25) is 0 Å². The van der Waals surface area contributed by atoms with Crippen LogP contribution >= 0.6 is 0 Å². The summed E-state index contributed by atoms with van der Waals surface area (Å²) < 4.78 is 6.19. The highest BCUT2D eigenvalue weighted by molar-refractivity contribution is 5.69. The van der Waals surface area contributed by atoms with Gasteiger partial charge in [-0.1, -0.05) is 6.07 Å². The molecule has 0 radical (unpaired) electrons. The van der Waals surface area contributed by atoms with Crippen molar-refractivity contribution in [3.63, 3.8) is 0 Å². The molecule has 0 aliphatic heterocycles. The minimum Gasteiger partial charge on any atom is -0.456 e. The molecule has 0 spiro atoms. The molecular formula is C22H21N5O. The first-order chi connectivity index (χ1) is 13.6. The van der Waals surface area contributed by atoms with Crippen LogP contribution in [0.1, 0.15) is 29.7 Å². The van der Waals surface area contributed by atoms with Crippen LogP contribution in [0.15, 0.2) is 48.7 Å². The Bertz CT molecular complexity index is 1040. The number of nitriles is 1. The Labute approximate surface area is 164 Å². The Morgan fingerprint density at radius 2 is 2.07 bits per heavy atom. The van der Waals surface area contributed by atoms with Crippen LogP contribution in [0.25, 0.3) is 11.3 Å². The van der Waals surface area contributed by atoms with E-state index in [-0.39, 0.29) is 0 Å². The van der Waals surface area contributed by atoms with Gasteiger partial charge in [-0.05, 0) is 49.6 Å². The number of hydrogen-bond donors (Lipinski definition) is 2. The fraction of sp³-hybridized carbons (Fsp3) is 0.227. The van der Waals surface area contributed by atoms with Gasteiger partial charge in [0.05, 0.1) is 17.3 Å². The van der Waals surface area contributed by atoms with Gasteiger partial charge in [-0.2, -0.15) is 5.26 Å². The highest BCUT2D eigenvalue weighted by atomic mass is 16.5. The second-order valence-electron chi connectivity index (χ2n) is 6.93. The fourth-order valence-corrected chi connectivity index (χ4v) is 2.93. The van der Waals surface area contributed by atoms with Gasteiger partial charge in [0, 0.05) is 42.2 Å². The molecule has 1 fully saturated rings. The average Bonchev–Trinajstić information content (AvgIpc) is 3.51. The van der Waals surface area contributed by atoms with Gasteiger partial charge in [0.25, 0.3) is 0 Å². The van der Waals surface area contributed by atoms with Gasteiger partial charge in [0.1, 0.15) is 17.3 Å². The van der Waals surface area contributed by atoms with E-state index in [1.807, 2.05) is 37.3 Å². The summed E-state index contributed by atoms with van der Waals surface area (Å²) in [6, 6.07) is 15.6. The molecule has 2 heterocycles. The molecule has 1 aliphatic rings. The Morgan fingerprint density at radius 3 is 2.75 bits per heavy atom. The number of rotatable bonds is 6. The van der Waals surface area contributed by atoms with E-state index < -0.39 is 0 Å². The Kier molecular flexibility index (Phi) is 4.92. The molecule has 1 saturated carbocycles. The number of pyridine rings is 2. The molecule has 6 heteroatoms. The predicted octanol–water partition coefficient (Wildman–Crippen LogP) is 4.15. The van der Waals surface area contributed by atoms with Crippen molar-refractivity contribution in [1.29, 1.82) is 5.26 Å². The second-order valence-corrected chi connectivity index (χ2v) is 6.93. The van der Waals surface area contributed by atoms with Crippen molar-refractivity contribution >= 4 is 5.82 Å². The molecule has 28 heavy (non-hydrogen) atoms. The molecule has 0 saturated heterocycles. The lowest BCUT2D eigenvalue weighted by Gasteiger charge is -2.13. The molecule has 0 unspecified atom stereocenters. The fourth-order valence-electron chi connectivity index (χ4n) is 2.93. The van der Waals surface area contributed by atoms with Gasteiger partial charge in [-0.25, -0.2) is 4.98 Å². The van der Waals surface area contributed by atoms with E-state index in [0.717, 1.165) is 28.3 Å². The van der Waals surface area contributed by atoms with Gasteiger partial charge in [0.2, 0.25) is 0 Å². The van der Waals surface area contributed by atoms with Gasteiger partial charge in [-0.15, -0.1) is 0 Å². The van der Waals surface area contributed by atoms with Crippen LogP contribution in [0.3, 0.4) is 0 Å². The highest BCUT2D eigenvalue weighted by Gasteiger charge is 2.21. The monoisotopic (exact) mass is 371 g/mol. The van der Waals surface area contributed by atoms with Crippen LogP contribution in [0, 0.1) is 18.3 Å². The van der Waals surface area contributed by atoms with Gasteiger partial charge in [0.15, 0.2) is 0 Å². The minimum atomic E-state index is 0.442. The van der Waals surface area contributed by atoms with Crippen LogP contribution in [-0.2, 0) is 6.54 Å². The Hall–Kier alpha value is -3.43. The number of ether oxygens (including phenoxy) is 1. The number of aromatic nitrogens is 2. The number of nitrogens with two attached hydrogens (primary N) is 1. The first-order valence-electron chi connectivity index (χ1n) is 9.27. The highest BCUT2D eigenvalue weighted by Crippen LogP contribution is 2.35. The zero-order valence-electron chi connectivity index (χ0n) is 15.6. The maximum absolute atomic E-state index is 9.30. The van der Waals surface area contributed by atoms with Crippen molar-refractivity contribution in [2.45, 2.75) is 32.4 Å². The molecule has 0 bridgehead atoms. The summed E-state index contributed by atoms with van der Waals surface area (Å²) in [5.74, 6) is 2.06. The lowest BCUT2D eigenvalue weighted by molar-refractivity contribution is 0.483. The quantitative estimate of drug-likeness (QED) is 0.676. The van der Waals surface area contributed by atoms with E-state index in [9.17, 15) is 5.26 Å². The smallest absolute Gasteiger partial charge is 0.138 e. The largest absolute Gasteiger partial charge is 0.456 e. The normalized spacial score (nSPS) is 13.0. The van der Waals surface area contributed by atoms with Gasteiger partial charge >= 0.3 is 0 Å². The van der Waals surface area contributed by atoms with Crippen molar-refractivity contribution in [2.24, 2.45) is 5.73 Å². The molecule has 140 valence electrons. The maximum atomic E-state index is 9.30. The third kappa shape index (κ3) is 4.11. The van der Waals surface area contributed by atoms with Gasteiger partial charge < -0.3 is 15.8 Å². The Balaban J connectivity index is 1.69. The molecule has 3 N–H and O–H groups in total. The van der Waals surface area contributed by atoms with Gasteiger partial charge in [-0.3, -0.25) is 4.98 Å². The molecular weight excluding hydrogens is 350 g/mol. The summed E-state index contributed by atoms with van der Waals surface area (Å²) in [7, 11) is 0. The molecule has 2 aromatic heterocycles. The SMILES string of the molecule is Cc1cc(Oc2cc(C#N)ccc2-c2ccc(CN)cn2)cc(NC2CC2)n1. The third-order valence-corrected chi connectivity index (χ3v) is 4.53. The standard InChI is InChI=1S/C22H21N5O/c1-14-8-18(10-22(26-14)27-17-4-5-17)28-21-9-15(11-23)2-6-19(21)20-7-3-16(12-24)13-25-20/h2-3,6-10,13,17H,4-5,12,24H2,1H3,(H,26,27). The average molecular weight is 371 g/mol. The number of hydrogen-bond acceptors (Lipinski definition) is 6. The number of aryl methyl sites for hydroxylation is 1. The zero-order chi connectivity index (χ0) is 19.5. The molecule has 6 nitrogen and oxygen atoms in total. The van der Waals surface area contributed by atoms with Crippen LogP contribution < -0.4 is 15.8 Å². The number of nitrogens with one attached hydrogen (secondary N) is 1. The van der Waals surface area contributed by atoms with E-state index in [1.165, 1.54) is 12.8 Å². The topological polar surface area (TPSA) is 96.8 Å². The lowest BCUT2D eigenvalue weighted by atomic mass is 10.1. The second kappa shape index (κ2) is 7.67.